The first kappa shape index (κ1) is 21.5. The van der Waals surface area contributed by atoms with E-state index in [1.807, 2.05) is 30.3 Å². The van der Waals surface area contributed by atoms with Gasteiger partial charge in [0.15, 0.2) is 0 Å². The lowest BCUT2D eigenvalue weighted by molar-refractivity contribution is 0.170. The summed E-state index contributed by atoms with van der Waals surface area (Å²) in [7, 11) is -3.13. The molecule has 2 heterocycles. The molecule has 0 aliphatic carbocycles. The van der Waals surface area contributed by atoms with Gasteiger partial charge in [0.2, 0.25) is 15.9 Å². The maximum Gasteiger partial charge on any atom is 0.213 e. The molecule has 0 atom stereocenters. The lowest BCUT2D eigenvalue weighted by Gasteiger charge is -2.31. The van der Waals surface area contributed by atoms with E-state index in [1.54, 1.807) is 6.20 Å². The summed E-state index contributed by atoms with van der Waals surface area (Å²) in [5.41, 5.74) is 1.24. The Balaban J connectivity index is 1.31. The molecular formula is C21H29N3O4S. The standard InChI is InChI=1S/C21H29N3O4S/c1-29(25,26)23-19-9-12-24(13-10-19)14-16-27-20-7-8-21(22-17-20)28-15-11-18-5-3-2-4-6-18/h2-8,17,19,23H,9-16H2,1H3. The Morgan fingerprint density at radius 2 is 1.83 bits per heavy atom. The van der Waals surface area contributed by atoms with E-state index in [9.17, 15) is 8.42 Å². The quantitative estimate of drug-likeness (QED) is 0.635. The van der Waals surface area contributed by atoms with Crippen molar-refractivity contribution >= 4 is 10.0 Å². The van der Waals surface area contributed by atoms with Crippen molar-refractivity contribution in [2.75, 3.05) is 39.1 Å². The second-order valence-electron chi connectivity index (χ2n) is 7.27. The number of sulfonamides is 1. The minimum atomic E-state index is -3.13. The molecule has 0 unspecified atom stereocenters. The average Bonchev–Trinajstić information content (AvgIpc) is 2.70. The fraction of sp³-hybridized carbons (Fsp3) is 0.476. The first-order valence-electron chi connectivity index (χ1n) is 9.93. The maximum absolute atomic E-state index is 11.3. The van der Waals surface area contributed by atoms with Crippen LogP contribution in [-0.4, -0.2) is 63.4 Å². The molecule has 7 nitrogen and oxygen atoms in total. The normalized spacial score (nSPS) is 15.9. The monoisotopic (exact) mass is 419 g/mol. The van der Waals surface area contributed by atoms with Crippen molar-refractivity contribution in [3.8, 4) is 11.6 Å². The molecule has 1 aliphatic rings. The number of hydrogen-bond donors (Lipinski definition) is 1. The molecule has 0 radical (unpaired) electrons. The van der Waals surface area contributed by atoms with E-state index in [-0.39, 0.29) is 6.04 Å². The third kappa shape index (κ3) is 8.00. The van der Waals surface area contributed by atoms with Crippen LogP contribution < -0.4 is 14.2 Å². The molecule has 1 fully saturated rings. The summed E-state index contributed by atoms with van der Waals surface area (Å²) in [5, 5.41) is 0. The van der Waals surface area contributed by atoms with Gasteiger partial charge in [-0.25, -0.2) is 18.1 Å². The summed E-state index contributed by atoms with van der Waals surface area (Å²) < 4.78 is 36.7. The zero-order chi connectivity index (χ0) is 20.5. The Bertz CT molecular complexity index is 836. The van der Waals surface area contributed by atoms with Gasteiger partial charge in [0, 0.05) is 25.1 Å². The molecule has 8 heteroatoms. The average molecular weight is 420 g/mol. The van der Waals surface area contributed by atoms with Gasteiger partial charge in [-0.3, -0.25) is 4.90 Å². The van der Waals surface area contributed by atoms with Crippen molar-refractivity contribution in [1.82, 2.24) is 14.6 Å². The van der Waals surface area contributed by atoms with Gasteiger partial charge in [0.05, 0.1) is 19.1 Å². The smallest absolute Gasteiger partial charge is 0.213 e. The van der Waals surface area contributed by atoms with E-state index in [0.717, 1.165) is 38.9 Å². The number of nitrogens with one attached hydrogen (secondary N) is 1. The zero-order valence-electron chi connectivity index (χ0n) is 16.8. The third-order valence-corrected chi connectivity index (χ3v) is 5.60. The second kappa shape index (κ2) is 10.6. The van der Waals surface area contributed by atoms with Gasteiger partial charge in [-0.2, -0.15) is 0 Å². The van der Waals surface area contributed by atoms with E-state index in [2.05, 4.69) is 26.7 Å². The summed E-state index contributed by atoms with van der Waals surface area (Å²) in [5.74, 6) is 1.31. The number of rotatable bonds is 10. The van der Waals surface area contributed by atoms with E-state index in [0.29, 0.717) is 24.8 Å². The number of aromatic nitrogens is 1. The summed E-state index contributed by atoms with van der Waals surface area (Å²) >= 11 is 0. The van der Waals surface area contributed by atoms with Crippen LogP contribution in [0.15, 0.2) is 48.7 Å². The summed E-state index contributed by atoms with van der Waals surface area (Å²) in [6.45, 7) is 3.69. The highest BCUT2D eigenvalue weighted by molar-refractivity contribution is 7.88. The number of nitrogens with zero attached hydrogens (tertiary/aromatic N) is 2. The molecule has 0 saturated carbocycles. The molecule has 1 N–H and O–H groups in total. The van der Waals surface area contributed by atoms with Crippen LogP contribution >= 0.6 is 0 Å². The largest absolute Gasteiger partial charge is 0.491 e. The summed E-state index contributed by atoms with van der Waals surface area (Å²) in [4.78, 5) is 6.58. The minimum absolute atomic E-state index is 0.0424. The Kier molecular flexibility index (Phi) is 7.85. The van der Waals surface area contributed by atoms with Crippen LogP contribution in [0.25, 0.3) is 0 Å². The van der Waals surface area contributed by atoms with Gasteiger partial charge in [0.25, 0.3) is 0 Å². The fourth-order valence-electron chi connectivity index (χ4n) is 3.33. The molecule has 0 bridgehead atoms. The second-order valence-corrected chi connectivity index (χ2v) is 9.05. The number of piperidine rings is 1. The minimum Gasteiger partial charge on any atom is -0.491 e. The van der Waals surface area contributed by atoms with Gasteiger partial charge in [-0.15, -0.1) is 0 Å². The molecule has 2 aromatic rings. The van der Waals surface area contributed by atoms with Crippen LogP contribution in [0.3, 0.4) is 0 Å². The van der Waals surface area contributed by atoms with E-state index in [1.165, 1.54) is 11.8 Å². The highest BCUT2D eigenvalue weighted by atomic mass is 32.2. The number of ether oxygens (including phenoxy) is 2. The number of likely N-dealkylation sites (tertiary alicyclic amines) is 1. The molecule has 1 saturated heterocycles. The number of hydrogen-bond acceptors (Lipinski definition) is 6. The lowest BCUT2D eigenvalue weighted by Crippen LogP contribution is -2.45. The van der Waals surface area contributed by atoms with Crippen molar-refractivity contribution in [3.63, 3.8) is 0 Å². The van der Waals surface area contributed by atoms with Gasteiger partial charge < -0.3 is 9.47 Å². The van der Waals surface area contributed by atoms with E-state index < -0.39 is 10.0 Å². The van der Waals surface area contributed by atoms with Crippen LogP contribution in [0.5, 0.6) is 11.6 Å². The third-order valence-electron chi connectivity index (χ3n) is 4.84. The number of pyridine rings is 1. The lowest BCUT2D eigenvalue weighted by atomic mass is 10.1. The summed E-state index contributed by atoms with van der Waals surface area (Å²) in [6, 6.07) is 13.9. The van der Waals surface area contributed by atoms with Crippen molar-refractivity contribution < 1.29 is 17.9 Å². The van der Waals surface area contributed by atoms with Gasteiger partial charge in [-0.05, 0) is 37.6 Å². The predicted molar refractivity (Wildman–Crippen MR) is 113 cm³/mol. The topological polar surface area (TPSA) is 80.8 Å². The molecule has 1 aliphatic heterocycles. The predicted octanol–water partition coefficient (Wildman–Crippen LogP) is 2.10. The van der Waals surface area contributed by atoms with Crippen molar-refractivity contribution in [3.05, 3.63) is 54.2 Å². The molecule has 158 valence electrons. The molecule has 29 heavy (non-hydrogen) atoms. The Labute approximate surface area is 173 Å². The summed E-state index contributed by atoms with van der Waals surface area (Å²) in [6.07, 6.45) is 5.38. The van der Waals surface area contributed by atoms with Crippen molar-refractivity contribution in [1.29, 1.82) is 0 Å². The Morgan fingerprint density at radius 3 is 2.48 bits per heavy atom. The van der Waals surface area contributed by atoms with Gasteiger partial charge in [0.1, 0.15) is 12.4 Å². The van der Waals surface area contributed by atoms with Crippen LogP contribution in [-0.2, 0) is 16.4 Å². The van der Waals surface area contributed by atoms with Crippen LogP contribution in [0.1, 0.15) is 18.4 Å². The van der Waals surface area contributed by atoms with E-state index >= 15 is 0 Å². The Morgan fingerprint density at radius 1 is 1.07 bits per heavy atom. The van der Waals surface area contributed by atoms with Gasteiger partial charge in [-0.1, -0.05) is 30.3 Å². The van der Waals surface area contributed by atoms with Gasteiger partial charge >= 0.3 is 0 Å². The molecule has 3 rings (SSSR count). The zero-order valence-corrected chi connectivity index (χ0v) is 17.6. The molecular weight excluding hydrogens is 390 g/mol. The fourth-order valence-corrected chi connectivity index (χ4v) is 4.17. The van der Waals surface area contributed by atoms with Crippen molar-refractivity contribution in [2.24, 2.45) is 0 Å². The van der Waals surface area contributed by atoms with Crippen LogP contribution in [0.2, 0.25) is 0 Å². The first-order chi connectivity index (χ1) is 14.0. The molecule has 1 aromatic carbocycles. The Hall–Kier alpha value is -2.16. The first-order valence-corrected chi connectivity index (χ1v) is 11.8. The van der Waals surface area contributed by atoms with Crippen LogP contribution in [0.4, 0.5) is 0 Å². The van der Waals surface area contributed by atoms with Crippen LogP contribution in [0, 0.1) is 0 Å². The molecule has 0 spiro atoms. The van der Waals surface area contributed by atoms with E-state index in [4.69, 9.17) is 9.47 Å². The highest BCUT2D eigenvalue weighted by Crippen LogP contribution is 2.15. The number of benzene rings is 1. The SMILES string of the molecule is CS(=O)(=O)NC1CCN(CCOc2ccc(OCCc3ccccc3)nc2)CC1. The highest BCUT2D eigenvalue weighted by Gasteiger charge is 2.21. The maximum atomic E-state index is 11.3. The molecule has 0 amide bonds. The van der Waals surface area contributed by atoms with Crippen molar-refractivity contribution in [2.45, 2.75) is 25.3 Å². The molecule has 1 aromatic heterocycles.